The van der Waals surface area contributed by atoms with Crippen molar-refractivity contribution in [3.8, 4) is 0 Å². The first-order chi connectivity index (χ1) is 10.4. The molecule has 0 saturated heterocycles. The van der Waals surface area contributed by atoms with Gasteiger partial charge in [0.25, 0.3) is 0 Å². The highest BCUT2D eigenvalue weighted by atomic mass is 14.9. The molecule has 0 saturated carbocycles. The van der Waals surface area contributed by atoms with Crippen LogP contribution in [0, 0.1) is 5.92 Å². The van der Waals surface area contributed by atoms with E-state index in [1.807, 2.05) is 12.3 Å². The Morgan fingerprint density at radius 3 is 2.43 bits per heavy atom. The molecule has 0 bridgehead atoms. The molecule has 21 heavy (non-hydrogen) atoms. The number of hydrogen-bond acceptors (Lipinski definition) is 2. The van der Waals surface area contributed by atoms with E-state index in [1.165, 1.54) is 36.1 Å². The van der Waals surface area contributed by atoms with Gasteiger partial charge in [0.1, 0.15) is 0 Å². The molecule has 1 atom stereocenters. The van der Waals surface area contributed by atoms with Crippen molar-refractivity contribution in [3.63, 3.8) is 0 Å². The number of aromatic nitrogens is 1. The molecule has 1 aromatic carbocycles. The zero-order chi connectivity index (χ0) is 14.5. The van der Waals surface area contributed by atoms with Crippen molar-refractivity contribution in [2.24, 2.45) is 5.92 Å². The predicted octanol–water partition coefficient (Wildman–Crippen LogP) is 3.41. The van der Waals surface area contributed by atoms with E-state index >= 15 is 0 Å². The van der Waals surface area contributed by atoms with Crippen molar-refractivity contribution in [2.45, 2.75) is 38.6 Å². The van der Waals surface area contributed by atoms with Crippen LogP contribution in [0.3, 0.4) is 0 Å². The average molecular weight is 280 g/mol. The molecule has 0 radical (unpaired) electrons. The maximum absolute atomic E-state index is 4.51. The van der Waals surface area contributed by atoms with Crippen molar-refractivity contribution < 1.29 is 0 Å². The van der Waals surface area contributed by atoms with Crippen LogP contribution >= 0.6 is 0 Å². The van der Waals surface area contributed by atoms with Crippen molar-refractivity contribution in [3.05, 3.63) is 65.5 Å². The van der Waals surface area contributed by atoms with Crippen molar-refractivity contribution >= 4 is 0 Å². The molecule has 0 amide bonds. The highest BCUT2D eigenvalue weighted by Gasteiger charge is 2.28. The van der Waals surface area contributed by atoms with Gasteiger partial charge in [0.15, 0.2) is 0 Å². The van der Waals surface area contributed by atoms with E-state index in [0.717, 1.165) is 13.0 Å². The highest BCUT2D eigenvalue weighted by Crippen LogP contribution is 2.29. The van der Waals surface area contributed by atoms with E-state index in [9.17, 15) is 0 Å². The summed E-state index contributed by atoms with van der Waals surface area (Å²) in [7, 11) is 0. The summed E-state index contributed by atoms with van der Waals surface area (Å²) in [5.74, 6) is 0.691. The van der Waals surface area contributed by atoms with Gasteiger partial charge in [-0.05, 0) is 55.0 Å². The second-order valence-corrected chi connectivity index (χ2v) is 6.02. The second kappa shape index (κ2) is 6.86. The SMILES string of the molecule is CCCNC(Cc1ccccn1)C1Cc2ccccc2C1. The van der Waals surface area contributed by atoms with Crippen LogP contribution in [-0.2, 0) is 19.3 Å². The van der Waals surface area contributed by atoms with Gasteiger partial charge in [-0.15, -0.1) is 0 Å². The number of fused-ring (bicyclic) bond motifs is 1. The van der Waals surface area contributed by atoms with E-state index in [4.69, 9.17) is 0 Å². The Bertz CT molecular complexity index is 540. The third-order valence-corrected chi connectivity index (χ3v) is 4.46. The third-order valence-electron chi connectivity index (χ3n) is 4.46. The molecule has 1 N–H and O–H groups in total. The lowest BCUT2D eigenvalue weighted by Gasteiger charge is -2.24. The van der Waals surface area contributed by atoms with E-state index in [-0.39, 0.29) is 0 Å². The summed E-state index contributed by atoms with van der Waals surface area (Å²) in [5.41, 5.74) is 4.26. The zero-order valence-corrected chi connectivity index (χ0v) is 12.8. The Morgan fingerprint density at radius 2 is 1.81 bits per heavy atom. The summed E-state index contributed by atoms with van der Waals surface area (Å²) in [6.45, 7) is 3.32. The van der Waals surface area contributed by atoms with E-state index < -0.39 is 0 Å². The molecule has 0 spiro atoms. The maximum Gasteiger partial charge on any atom is 0.0419 e. The fourth-order valence-corrected chi connectivity index (χ4v) is 3.36. The first-order valence-electron chi connectivity index (χ1n) is 8.07. The second-order valence-electron chi connectivity index (χ2n) is 6.02. The summed E-state index contributed by atoms with van der Waals surface area (Å²) in [4.78, 5) is 4.51. The number of nitrogens with zero attached hydrogens (tertiary/aromatic N) is 1. The number of rotatable bonds is 6. The van der Waals surface area contributed by atoms with E-state index in [0.29, 0.717) is 12.0 Å². The molecule has 1 aliphatic carbocycles. The van der Waals surface area contributed by atoms with Gasteiger partial charge in [0, 0.05) is 24.4 Å². The monoisotopic (exact) mass is 280 g/mol. The fourth-order valence-electron chi connectivity index (χ4n) is 3.36. The summed E-state index contributed by atoms with van der Waals surface area (Å²) in [6, 6.07) is 15.6. The molecule has 1 aliphatic rings. The lowest BCUT2D eigenvalue weighted by molar-refractivity contribution is 0.359. The average Bonchev–Trinajstić information content (AvgIpc) is 2.96. The normalized spacial score (nSPS) is 15.9. The zero-order valence-electron chi connectivity index (χ0n) is 12.8. The number of pyridine rings is 1. The van der Waals surface area contributed by atoms with E-state index in [2.05, 4.69) is 53.6 Å². The predicted molar refractivity (Wildman–Crippen MR) is 87.4 cm³/mol. The largest absolute Gasteiger partial charge is 0.313 e. The summed E-state index contributed by atoms with van der Waals surface area (Å²) < 4.78 is 0. The van der Waals surface area contributed by atoms with Gasteiger partial charge >= 0.3 is 0 Å². The van der Waals surface area contributed by atoms with Crippen LogP contribution in [0.25, 0.3) is 0 Å². The van der Waals surface area contributed by atoms with Crippen LogP contribution in [0.5, 0.6) is 0 Å². The van der Waals surface area contributed by atoms with Crippen molar-refractivity contribution in [1.29, 1.82) is 0 Å². The Balaban J connectivity index is 1.71. The topological polar surface area (TPSA) is 24.9 Å². The molecule has 1 unspecified atom stereocenters. The molecule has 2 heteroatoms. The Kier molecular flexibility index (Phi) is 4.66. The van der Waals surface area contributed by atoms with Gasteiger partial charge in [0.2, 0.25) is 0 Å². The highest BCUT2D eigenvalue weighted by molar-refractivity contribution is 5.32. The van der Waals surface area contributed by atoms with Gasteiger partial charge in [-0.1, -0.05) is 37.3 Å². The Labute approximate surface area is 127 Å². The lowest BCUT2D eigenvalue weighted by atomic mass is 9.92. The summed E-state index contributed by atoms with van der Waals surface area (Å²) in [6.07, 6.45) is 6.50. The minimum absolute atomic E-state index is 0.521. The molecule has 0 aliphatic heterocycles. The van der Waals surface area contributed by atoms with Gasteiger partial charge in [-0.3, -0.25) is 4.98 Å². The molecule has 0 fully saturated rings. The summed E-state index contributed by atoms with van der Waals surface area (Å²) in [5, 5.41) is 3.75. The van der Waals surface area contributed by atoms with Gasteiger partial charge < -0.3 is 5.32 Å². The molecule has 2 nitrogen and oxygen atoms in total. The van der Waals surface area contributed by atoms with Crippen molar-refractivity contribution in [1.82, 2.24) is 10.3 Å². The maximum atomic E-state index is 4.51. The molecule has 2 aromatic rings. The smallest absolute Gasteiger partial charge is 0.0419 e. The molecule has 1 heterocycles. The van der Waals surface area contributed by atoms with Crippen LogP contribution in [0.15, 0.2) is 48.7 Å². The number of hydrogen-bond donors (Lipinski definition) is 1. The van der Waals surface area contributed by atoms with Crippen LogP contribution in [0.1, 0.15) is 30.2 Å². The Morgan fingerprint density at radius 1 is 1.10 bits per heavy atom. The van der Waals surface area contributed by atoms with E-state index in [1.54, 1.807) is 0 Å². The molecular weight excluding hydrogens is 256 g/mol. The first kappa shape index (κ1) is 14.3. The molecule has 3 rings (SSSR count). The van der Waals surface area contributed by atoms with Crippen LogP contribution < -0.4 is 5.32 Å². The van der Waals surface area contributed by atoms with Gasteiger partial charge in [-0.2, -0.15) is 0 Å². The first-order valence-corrected chi connectivity index (χ1v) is 8.07. The Hall–Kier alpha value is -1.67. The van der Waals surface area contributed by atoms with Crippen LogP contribution in [0.4, 0.5) is 0 Å². The van der Waals surface area contributed by atoms with Gasteiger partial charge in [0.05, 0.1) is 0 Å². The van der Waals surface area contributed by atoms with Crippen molar-refractivity contribution in [2.75, 3.05) is 6.54 Å². The molecule has 1 aromatic heterocycles. The molecule has 110 valence electrons. The minimum Gasteiger partial charge on any atom is -0.313 e. The number of nitrogens with one attached hydrogen (secondary N) is 1. The van der Waals surface area contributed by atoms with Crippen LogP contribution in [-0.4, -0.2) is 17.6 Å². The third kappa shape index (κ3) is 3.51. The standard InChI is InChI=1S/C19H24N2/c1-2-10-21-19(14-18-9-5-6-11-20-18)17-12-15-7-3-4-8-16(15)13-17/h3-9,11,17,19,21H,2,10,12-14H2,1H3. The fraction of sp³-hybridized carbons (Fsp3) is 0.421. The minimum atomic E-state index is 0.521. The molecular formula is C19H24N2. The lowest BCUT2D eigenvalue weighted by Crippen LogP contribution is -2.39. The van der Waals surface area contributed by atoms with Gasteiger partial charge in [-0.25, -0.2) is 0 Å². The number of benzene rings is 1. The quantitative estimate of drug-likeness (QED) is 0.877. The summed E-state index contributed by atoms with van der Waals surface area (Å²) >= 11 is 0. The van der Waals surface area contributed by atoms with Crippen LogP contribution in [0.2, 0.25) is 0 Å².